The molecule has 0 radical (unpaired) electrons. The second-order valence-electron chi connectivity index (χ2n) is 6.69. The monoisotopic (exact) mass is 503 g/mol. The van der Waals surface area contributed by atoms with Crippen LogP contribution in [-0.4, -0.2) is 22.8 Å². The zero-order valence-electron chi connectivity index (χ0n) is 16.0. The first-order valence-electron chi connectivity index (χ1n) is 9.11. The Balaban J connectivity index is 1.48. The molecule has 3 aromatic carbocycles. The molecule has 3 aromatic rings. The summed E-state index contributed by atoms with van der Waals surface area (Å²) in [6.07, 6.45) is 0. The minimum Gasteiger partial charge on any atom is -0.331 e. The van der Waals surface area contributed by atoms with Gasteiger partial charge in [0.2, 0.25) is 0 Å². The molecule has 0 spiro atoms. The number of thiocarbonyl (C=S) groups is 1. The van der Waals surface area contributed by atoms with Gasteiger partial charge in [0, 0.05) is 5.56 Å². The fraction of sp³-hybridized carbons (Fsp3) is 0. The zero-order valence-corrected chi connectivity index (χ0v) is 19.1. The molecular weight excluding hydrogens is 493 g/mol. The molecule has 0 aliphatic carbocycles. The van der Waals surface area contributed by atoms with Gasteiger partial charge in [0.1, 0.15) is 0 Å². The largest absolute Gasteiger partial charge is 0.331 e. The maximum atomic E-state index is 12.6. The third kappa shape index (κ3) is 4.20. The quantitative estimate of drug-likeness (QED) is 0.360. The van der Waals surface area contributed by atoms with Gasteiger partial charge >= 0.3 is 0 Å². The molecule has 4 rings (SSSR count). The summed E-state index contributed by atoms with van der Waals surface area (Å²) in [7, 11) is 0. The number of imide groups is 1. The Morgan fingerprint density at radius 3 is 2.06 bits per heavy atom. The first-order chi connectivity index (χ1) is 15.3. The van der Waals surface area contributed by atoms with Crippen LogP contribution in [0, 0.1) is 0 Å². The zero-order chi connectivity index (χ0) is 23.0. The van der Waals surface area contributed by atoms with E-state index in [2.05, 4.69) is 10.6 Å². The number of benzene rings is 3. The van der Waals surface area contributed by atoms with Crippen molar-refractivity contribution in [1.82, 2.24) is 5.32 Å². The van der Waals surface area contributed by atoms with Crippen molar-refractivity contribution in [2.75, 3.05) is 10.2 Å². The molecule has 0 bridgehead atoms. The second kappa shape index (κ2) is 8.88. The van der Waals surface area contributed by atoms with Gasteiger partial charge in [0.15, 0.2) is 5.11 Å². The van der Waals surface area contributed by atoms with Gasteiger partial charge in [-0.05, 0) is 60.7 Å². The van der Waals surface area contributed by atoms with Gasteiger partial charge in [-0.2, -0.15) is 0 Å². The second-order valence-corrected chi connectivity index (χ2v) is 8.32. The van der Waals surface area contributed by atoms with E-state index in [1.54, 1.807) is 36.4 Å². The summed E-state index contributed by atoms with van der Waals surface area (Å²) in [5.41, 5.74) is 1.64. The molecule has 2 N–H and O–H groups in total. The fourth-order valence-corrected chi connectivity index (χ4v) is 3.86. The molecule has 10 heteroatoms. The predicted molar refractivity (Wildman–Crippen MR) is 129 cm³/mol. The number of fused-ring (bicyclic) bond motifs is 1. The Kier molecular flexibility index (Phi) is 6.17. The SMILES string of the molecule is O=C(NC(=S)Nc1ccc(N2C(=O)c3ccccc3C2=O)cc1Cl)c1ccc(Cl)c(Cl)c1. The Morgan fingerprint density at radius 1 is 0.812 bits per heavy atom. The van der Waals surface area contributed by atoms with E-state index in [-0.39, 0.29) is 20.7 Å². The molecule has 1 aliphatic rings. The number of carbonyl (C=O) groups is 3. The van der Waals surface area contributed by atoms with Gasteiger partial charge < -0.3 is 5.32 Å². The van der Waals surface area contributed by atoms with Gasteiger partial charge in [-0.1, -0.05) is 46.9 Å². The molecule has 1 aliphatic heterocycles. The standard InChI is InChI=1S/C22H12Cl3N3O3S/c23-15-7-5-11(9-16(15)24)19(29)27-22(32)26-18-8-6-12(10-17(18)25)28-20(30)13-3-1-2-4-14(13)21(28)31/h1-10H,(H2,26,27,29,32). The van der Waals surface area contributed by atoms with Crippen molar-refractivity contribution < 1.29 is 14.4 Å². The van der Waals surface area contributed by atoms with Crippen LogP contribution in [0.2, 0.25) is 15.1 Å². The third-order valence-electron chi connectivity index (χ3n) is 4.66. The van der Waals surface area contributed by atoms with E-state index < -0.39 is 17.7 Å². The van der Waals surface area contributed by atoms with Crippen molar-refractivity contribution in [3.05, 3.63) is 92.4 Å². The summed E-state index contributed by atoms with van der Waals surface area (Å²) in [5, 5.41) is 6.10. The fourth-order valence-electron chi connectivity index (χ4n) is 3.13. The maximum Gasteiger partial charge on any atom is 0.266 e. The van der Waals surface area contributed by atoms with Crippen molar-refractivity contribution >= 4 is 81.2 Å². The number of rotatable bonds is 3. The van der Waals surface area contributed by atoms with E-state index in [1.165, 1.54) is 24.3 Å². The Labute approximate surface area is 203 Å². The van der Waals surface area contributed by atoms with E-state index in [9.17, 15) is 14.4 Å². The number of carbonyl (C=O) groups excluding carboxylic acids is 3. The molecule has 0 saturated carbocycles. The van der Waals surface area contributed by atoms with Gasteiger partial charge in [-0.15, -0.1) is 0 Å². The van der Waals surface area contributed by atoms with Crippen molar-refractivity contribution in [3.8, 4) is 0 Å². The number of halogens is 3. The van der Waals surface area contributed by atoms with Crippen LogP contribution in [0.4, 0.5) is 11.4 Å². The lowest BCUT2D eigenvalue weighted by Gasteiger charge is -2.16. The van der Waals surface area contributed by atoms with Crippen molar-refractivity contribution in [1.29, 1.82) is 0 Å². The summed E-state index contributed by atoms with van der Waals surface area (Å²) in [4.78, 5) is 38.7. The minimum atomic E-state index is -0.486. The summed E-state index contributed by atoms with van der Waals surface area (Å²) in [6, 6.07) is 15.6. The van der Waals surface area contributed by atoms with Crippen LogP contribution in [0.15, 0.2) is 60.7 Å². The lowest BCUT2D eigenvalue weighted by molar-refractivity contribution is 0.0923. The molecule has 160 valence electrons. The highest BCUT2D eigenvalue weighted by Crippen LogP contribution is 2.33. The molecule has 1 heterocycles. The minimum absolute atomic E-state index is 0.00328. The van der Waals surface area contributed by atoms with Crippen LogP contribution < -0.4 is 15.5 Å². The highest BCUT2D eigenvalue weighted by atomic mass is 35.5. The molecule has 0 aromatic heterocycles. The van der Waals surface area contributed by atoms with Gasteiger partial charge in [-0.25, -0.2) is 4.90 Å². The first kappa shape index (κ1) is 22.2. The van der Waals surface area contributed by atoms with Crippen LogP contribution in [0.5, 0.6) is 0 Å². The number of anilines is 2. The lowest BCUT2D eigenvalue weighted by Crippen LogP contribution is -2.34. The van der Waals surface area contributed by atoms with Crippen LogP contribution in [-0.2, 0) is 0 Å². The average Bonchev–Trinajstić information content (AvgIpc) is 3.02. The number of amides is 3. The predicted octanol–water partition coefficient (Wildman–Crippen LogP) is 5.57. The van der Waals surface area contributed by atoms with E-state index in [0.717, 1.165) is 4.90 Å². The van der Waals surface area contributed by atoms with Gasteiger partial charge in [0.05, 0.1) is 37.6 Å². The topological polar surface area (TPSA) is 78.5 Å². The molecule has 0 saturated heterocycles. The first-order valence-corrected chi connectivity index (χ1v) is 10.6. The van der Waals surface area contributed by atoms with E-state index in [4.69, 9.17) is 47.0 Å². The molecule has 3 amide bonds. The van der Waals surface area contributed by atoms with Crippen molar-refractivity contribution in [3.63, 3.8) is 0 Å². The number of nitrogens with one attached hydrogen (secondary N) is 2. The molecule has 6 nitrogen and oxygen atoms in total. The van der Waals surface area contributed by atoms with E-state index >= 15 is 0 Å². The molecule has 0 unspecified atom stereocenters. The number of nitrogens with zero attached hydrogens (tertiary/aromatic N) is 1. The average molecular weight is 505 g/mol. The summed E-state index contributed by atoms with van der Waals surface area (Å²) in [5.74, 6) is -1.33. The normalized spacial score (nSPS) is 12.5. The van der Waals surface area contributed by atoms with Crippen molar-refractivity contribution in [2.45, 2.75) is 0 Å². The van der Waals surface area contributed by atoms with Crippen molar-refractivity contribution in [2.24, 2.45) is 0 Å². The summed E-state index contributed by atoms with van der Waals surface area (Å²) >= 11 is 23.3. The Morgan fingerprint density at radius 2 is 1.47 bits per heavy atom. The van der Waals surface area contributed by atoms with Crippen LogP contribution >= 0.6 is 47.0 Å². The lowest BCUT2D eigenvalue weighted by atomic mass is 10.1. The maximum absolute atomic E-state index is 12.6. The van der Waals surface area contributed by atoms with Gasteiger partial charge in [0.25, 0.3) is 17.7 Å². The highest BCUT2D eigenvalue weighted by molar-refractivity contribution is 7.80. The number of hydrogen-bond acceptors (Lipinski definition) is 4. The molecule has 0 fully saturated rings. The third-order valence-corrected chi connectivity index (χ3v) is 5.92. The molecule has 0 atom stereocenters. The summed E-state index contributed by atoms with van der Waals surface area (Å²) in [6.45, 7) is 0. The Bertz CT molecular complexity index is 1280. The van der Waals surface area contributed by atoms with Crippen LogP contribution in [0.25, 0.3) is 0 Å². The van der Waals surface area contributed by atoms with Gasteiger partial charge in [-0.3, -0.25) is 19.7 Å². The summed E-state index contributed by atoms with van der Waals surface area (Å²) < 4.78 is 0. The highest BCUT2D eigenvalue weighted by Gasteiger charge is 2.36. The molecule has 32 heavy (non-hydrogen) atoms. The van der Waals surface area contributed by atoms with Crippen LogP contribution in [0.1, 0.15) is 31.1 Å². The van der Waals surface area contributed by atoms with Crippen LogP contribution in [0.3, 0.4) is 0 Å². The number of hydrogen-bond donors (Lipinski definition) is 2. The van der Waals surface area contributed by atoms with E-state index in [0.29, 0.717) is 27.5 Å². The molecular formula is C22H12Cl3N3O3S. The van der Waals surface area contributed by atoms with E-state index in [1.807, 2.05) is 0 Å². The smallest absolute Gasteiger partial charge is 0.266 e. The Hall–Kier alpha value is -2.97.